The Hall–Kier alpha value is -3.23. The quantitative estimate of drug-likeness (QED) is 0.716. The van der Waals surface area contributed by atoms with Gasteiger partial charge in [-0.15, -0.1) is 0 Å². The van der Waals surface area contributed by atoms with Crippen molar-refractivity contribution in [2.45, 2.75) is 6.54 Å². The molecule has 0 aliphatic carbocycles. The lowest BCUT2D eigenvalue weighted by Gasteiger charge is -2.09. The zero-order chi connectivity index (χ0) is 18.0. The highest BCUT2D eigenvalue weighted by Gasteiger charge is 2.12. The fourth-order valence-electron chi connectivity index (χ4n) is 2.17. The highest BCUT2D eigenvalue weighted by atomic mass is 19.2. The number of nitrogens with one attached hydrogen (secondary N) is 1. The molecule has 1 aromatic heterocycles. The van der Waals surface area contributed by atoms with Gasteiger partial charge >= 0.3 is 11.8 Å². The van der Waals surface area contributed by atoms with Gasteiger partial charge in [-0.05, 0) is 35.9 Å². The first-order chi connectivity index (χ1) is 12.0. The number of ether oxygens (including phenoxy) is 1. The van der Waals surface area contributed by atoms with Gasteiger partial charge in [-0.3, -0.25) is 0 Å². The Morgan fingerprint density at radius 3 is 2.56 bits per heavy atom. The fourth-order valence-corrected chi connectivity index (χ4v) is 2.17. The van der Waals surface area contributed by atoms with Gasteiger partial charge in [0.2, 0.25) is 0 Å². The van der Waals surface area contributed by atoms with Crippen molar-refractivity contribution < 1.29 is 22.3 Å². The molecule has 0 unspecified atom stereocenters. The van der Waals surface area contributed by atoms with E-state index in [-0.39, 0.29) is 18.2 Å². The minimum atomic E-state index is -1.51. The summed E-state index contributed by atoms with van der Waals surface area (Å²) in [7, 11) is 1.31. The molecule has 1 heterocycles. The first-order valence-corrected chi connectivity index (χ1v) is 7.10. The van der Waals surface area contributed by atoms with Crippen LogP contribution in [0.15, 0.2) is 45.6 Å². The minimum absolute atomic E-state index is 0.0502. The molecule has 25 heavy (non-hydrogen) atoms. The van der Waals surface area contributed by atoms with E-state index in [4.69, 9.17) is 9.15 Å². The first kappa shape index (κ1) is 16.6. The van der Waals surface area contributed by atoms with Gasteiger partial charge in [-0.2, -0.15) is 4.68 Å². The second-order valence-corrected chi connectivity index (χ2v) is 5.03. The average Bonchev–Trinajstić information content (AvgIpc) is 2.99. The third-order valence-corrected chi connectivity index (χ3v) is 3.33. The summed E-state index contributed by atoms with van der Waals surface area (Å²) in [4.78, 5) is 11.7. The Labute approximate surface area is 139 Å². The average molecular weight is 351 g/mol. The topological polar surface area (TPSA) is 69.3 Å². The van der Waals surface area contributed by atoms with Crippen LogP contribution >= 0.6 is 0 Å². The number of methoxy groups -OCH3 is 1. The summed E-state index contributed by atoms with van der Waals surface area (Å²) in [6, 6.07) is 8.34. The summed E-state index contributed by atoms with van der Waals surface area (Å²) in [6.45, 7) is 0.0502. The van der Waals surface area contributed by atoms with Crippen molar-refractivity contribution in [2.24, 2.45) is 0 Å². The largest absolute Gasteiger partial charge is 0.452 e. The number of aromatic nitrogens is 2. The predicted octanol–water partition coefficient (Wildman–Crippen LogP) is 2.86. The van der Waals surface area contributed by atoms with Crippen LogP contribution in [0.4, 0.5) is 18.9 Å². The number of rotatable bonds is 5. The van der Waals surface area contributed by atoms with Crippen LogP contribution in [0.2, 0.25) is 0 Å². The van der Waals surface area contributed by atoms with Crippen molar-refractivity contribution in [1.82, 2.24) is 9.78 Å². The van der Waals surface area contributed by atoms with E-state index in [2.05, 4.69) is 10.4 Å². The molecule has 0 saturated carbocycles. The van der Waals surface area contributed by atoms with Crippen molar-refractivity contribution in [3.8, 4) is 11.8 Å². The summed E-state index contributed by atoms with van der Waals surface area (Å²) in [6.07, 6.45) is -0.180. The number of anilines is 1. The van der Waals surface area contributed by atoms with Crippen LogP contribution in [0, 0.1) is 17.5 Å². The monoisotopic (exact) mass is 351 g/mol. The van der Waals surface area contributed by atoms with Gasteiger partial charge in [-0.25, -0.2) is 18.0 Å². The normalized spacial score (nSPS) is 10.7. The zero-order valence-corrected chi connectivity index (χ0v) is 12.9. The highest BCUT2D eigenvalue weighted by Crippen LogP contribution is 2.17. The smallest absolute Gasteiger partial charge is 0.444 e. The zero-order valence-electron chi connectivity index (χ0n) is 12.9. The number of hydrogen-bond donors (Lipinski definition) is 1. The molecule has 0 saturated heterocycles. The van der Waals surface area contributed by atoms with Gasteiger partial charge in [0.1, 0.15) is 0 Å². The molecule has 0 spiro atoms. The van der Waals surface area contributed by atoms with E-state index in [0.29, 0.717) is 11.4 Å². The number of halogens is 3. The van der Waals surface area contributed by atoms with Crippen LogP contribution in [-0.2, 0) is 6.54 Å². The van der Waals surface area contributed by atoms with Crippen molar-refractivity contribution in [3.05, 3.63) is 70.0 Å². The summed E-state index contributed by atoms with van der Waals surface area (Å²) in [5.74, 6) is -4.75. The maximum absolute atomic E-state index is 13.2. The Bertz CT molecular complexity index is 945. The third kappa shape index (κ3) is 3.49. The van der Waals surface area contributed by atoms with Gasteiger partial charge in [0.05, 0.1) is 12.8 Å². The van der Waals surface area contributed by atoms with E-state index < -0.39 is 23.2 Å². The molecule has 130 valence electrons. The number of nitrogens with zero attached hydrogens (tertiary/aromatic N) is 2. The van der Waals surface area contributed by atoms with E-state index in [1.807, 2.05) is 0 Å². The van der Waals surface area contributed by atoms with E-state index in [1.54, 1.807) is 24.3 Å². The lowest BCUT2D eigenvalue weighted by atomic mass is 10.2. The highest BCUT2D eigenvalue weighted by molar-refractivity contribution is 5.51. The van der Waals surface area contributed by atoms with Crippen LogP contribution in [0.3, 0.4) is 0 Å². The van der Waals surface area contributed by atoms with Gasteiger partial charge in [0.25, 0.3) is 0 Å². The lowest BCUT2D eigenvalue weighted by molar-refractivity contribution is 0.282. The molecule has 0 aliphatic heterocycles. The predicted molar refractivity (Wildman–Crippen MR) is 82.3 cm³/mol. The van der Waals surface area contributed by atoms with Crippen molar-refractivity contribution >= 4 is 5.69 Å². The van der Waals surface area contributed by atoms with E-state index in [1.165, 1.54) is 7.11 Å². The molecule has 0 radical (unpaired) electrons. The maximum Gasteiger partial charge on any atom is 0.444 e. The fraction of sp³-hybridized carbons (Fsp3) is 0.125. The van der Waals surface area contributed by atoms with Crippen molar-refractivity contribution in [3.63, 3.8) is 0 Å². The molecule has 0 aliphatic rings. The standard InChI is InChI=1S/C16H12F3N3O3/c1-24-15-21-22(16(23)25-15)11-4-2-3-10(7-11)20-8-9-5-12(17)14(19)13(18)6-9/h2-7,20H,8H2,1H3. The molecule has 1 N–H and O–H groups in total. The Kier molecular flexibility index (Phi) is 4.46. The van der Waals surface area contributed by atoms with Crippen LogP contribution < -0.4 is 15.8 Å². The van der Waals surface area contributed by atoms with Gasteiger partial charge in [0, 0.05) is 12.2 Å². The van der Waals surface area contributed by atoms with Gasteiger partial charge in [0.15, 0.2) is 17.5 Å². The first-order valence-electron chi connectivity index (χ1n) is 7.10. The lowest BCUT2D eigenvalue weighted by Crippen LogP contribution is -2.13. The number of benzene rings is 2. The van der Waals surface area contributed by atoms with Crippen LogP contribution in [0.1, 0.15) is 5.56 Å². The maximum atomic E-state index is 13.2. The molecule has 9 heteroatoms. The Morgan fingerprint density at radius 2 is 1.92 bits per heavy atom. The van der Waals surface area contributed by atoms with E-state index >= 15 is 0 Å². The van der Waals surface area contributed by atoms with Crippen LogP contribution in [0.5, 0.6) is 6.08 Å². The molecule has 0 fully saturated rings. The molecule has 2 aromatic carbocycles. The molecule has 3 aromatic rings. The van der Waals surface area contributed by atoms with E-state index in [9.17, 15) is 18.0 Å². The summed E-state index contributed by atoms with van der Waals surface area (Å²) in [5.41, 5.74) is 1.18. The van der Waals surface area contributed by atoms with Crippen molar-refractivity contribution in [2.75, 3.05) is 12.4 Å². The molecular formula is C16H12F3N3O3. The van der Waals surface area contributed by atoms with E-state index in [0.717, 1.165) is 16.8 Å². The second kappa shape index (κ2) is 6.71. The summed E-state index contributed by atoms with van der Waals surface area (Å²) < 4.78 is 49.9. The van der Waals surface area contributed by atoms with Crippen molar-refractivity contribution in [1.29, 1.82) is 0 Å². The number of hydrogen-bond acceptors (Lipinski definition) is 5. The van der Waals surface area contributed by atoms with Crippen LogP contribution in [-0.4, -0.2) is 16.9 Å². The molecular weight excluding hydrogens is 339 g/mol. The summed E-state index contributed by atoms with van der Waals surface area (Å²) >= 11 is 0. The Morgan fingerprint density at radius 1 is 1.20 bits per heavy atom. The summed E-state index contributed by atoms with van der Waals surface area (Å²) in [5, 5.41) is 6.76. The minimum Gasteiger partial charge on any atom is -0.452 e. The third-order valence-electron chi connectivity index (χ3n) is 3.33. The molecule has 0 atom stereocenters. The SMILES string of the molecule is COc1nn(-c2cccc(NCc3cc(F)c(F)c(F)c3)c2)c(=O)o1. The molecule has 0 bridgehead atoms. The van der Waals surface area contributed by atoms with Gasteiger partial charge < -0.3 is 14.5 Å². The molecule has 6 nitrogen and oxygen atoms in total. The molecule has 0 amide bonds. The second-order valence-electron chi connectivity index (χ2n) is 5.03. The van der Waals surface area contributed by atoms with Crippen LogP contribution in [0.25, 0.3) is 5.69 Å². The Balaban J connectivity index is 1.80. The molecule has 3 rings (SSSR count). The van der Waals surface area contributed by atoms with Gasteiger partial charge in [-0.1, -0.05) is 11.2 Å².